The molecule has 142 valence electrons. The van der Waals surface area contributed by atoms with Crippen molar-refractivity contribution in [3.05, 3.63) is 53.4 Å². The molecule has 3 heterocycles. The Morgan fingerprint density at radius 2 is 1.93 bits per heavy atom. The average molecular weight is 390 g/mol. The second-order valence-corrected chi connectivity index (χ2v) is 7.08. The van der Waals surface area contributed by atoms with Crippen LogP contribution in [0.3, 0.4) is 0 Å². The lowest BCUT2D eigenvalue weighted by molar-refractivity contribution is -0.0409. The molecule has 2 aromatic heterocycles. The number of nitrogens with one attached hydrogen (secondary N) is 1. The van der Waals surface area contributed by atoms with Crippen LogP contribution in [-0.4, -0.2) is 43.1 Å². The minimum atomic E-state index is -1.11. The molecule has 0 unspecified atom stereocenters. The van der Waals surface area contributed by atoms with Gasteiger partial charge in [0.1, 0.15) is 24.2 Å². The van der Waals surface area contributed by atoms with Crippen LogP contribution in [-0.2, 0) is 4.74 Å². The van der Waals surface area contributed by atoms with Gasteiger partial charge in [-0.1, -0.05) is 30.7 Å². The number of nitrogens with zero attached hydrogens (tertiary/aromatic N) is 3. The van der Waals surface area contributed by atoms with Gasteiger partial charge in [0.2, 0.25) is 0 Å². The summed E-state index contributed by atoms with van der Waals surface area (Å²) in [4.78, 5) is 8.33. The molecule has 0 amide bonds. The van der Waals surface area contributed by atoms with Crippen molar-refractivity contribution in [3.8, 4) is 0 Å². The summed E-state index contributed by atoms with van der Waals surface area (Å²) in [5.41, 5.74) is 4.03. The van der Waals surface area contributed by atoms with E-state index in [1.165, 1.54) is 6.33 Å². The number of fused-ring (bicyclic) bond motifs is 1. The van der Waals surface area contributed by atoms with Crippen molar-refractivity contribution in [2.75, 3.05) is 5.43 Å². The van der Waals surface area contributed by atoms with Crippen LogP contribution < -0.4 is 11.3 Å². The van der Waals surface area contributed by atoms with Gasteiger partial charge in [0, 0.05) is 17.1 Å². The molecule has 27 heavy (non-hydrogen) atoms. The van der Waals surface area contributed by atoms with Gasteiger partial charge in [0.25, 0.3) is 0 Å². The summed E-state index contributed by atoms with van der Waals surface area (Å²) in [6.07, 6.45) is -0.414. The number of rotatable bonds is 4. The van der Waals surface area contributed by atoms with Crippen LogP contribution in [0.25, 0.3) is 11.0 Å². The van der Waals surface area contributed by atoms with Crippen molar-refractivity contribution in [2.24, 2.45) is 5.84 Å². The minimum absolute atomic E-state index is 0.144. The van der Waals surface area contributed by atoms with E-state index in [0.29, 0.717) is 21.9 Å². The summed E-state index contributed by atoms with van der Waals surface area (Å²) in [5, 5.41) is 22.6. The van der Waals surface area contributed by atoms with Gasteiger partial charge in [-0.3, -0.25) is 0 Å². The average Bonchev–Trinajstić information content (AvgIpc) is 3.23. The van der Waals surface area contributed by atoms with Gasteiger partial charge in [-0.15, -0.1) is 0 Å². The predicted octanol–water partition coefficient (Wildman–Crippen LogP) is 1.79. The van der Waals surface area contributed by atoms with Crippen LogP contribution in [0.4, 0.5) is 5.82 Å². The largest absolute Gasteiger partial charge is 0.387 e. The van der Waals surface area contributed by atoms with E-state index in [9.17, 15) is 10.2 Å². The quantitative estimate of drug-likeness (QED) is 0.397. The molecular formula is C18H20ClN5O3. The third-order valence-electron chi connectivity index (χ3n) is 5.08. The summed E-state index contributed by atoms with van der Waals surface area (Å²) in [5.74, 6) is 5.81. The highest BCUT2D eigenvalue weighted by Crippen LogP contribution is 2.38. The smallest absolute Gasteiger partial charge is 0.164 e. The van der Waals surface area contributed by atoms with E-state index < -0.39 is 24.5 Å². The highest BCUT2D eigenvalue weighted by Gasteiger charge is 2.46. The summed E-state index contributed by atoms with van der Waals surface area (Å²) in [6, 6.07) is 9.14. The number of hydrogen-bond acceptors (Lipinski definition) is 7. The standard InChI is InChI=1S/C18H20ClN5O3/c1-9(10-2-4-11(19)5-3-10)15-13(25)14(26)18(27-15)24-7-6-12-16(23-20)21-8-22-17(12)24/h2-9,13-15,18,25-26H,20H2,1H3,(H,21,22,23)/t9-,13-,14+,15+,18+/m0/s1. The second-order valence-electron chi connectivity index (χ2n) is 6.64. The topological polar surface area (TPSA) is 118 Å². The molecule has 5 atom stereocenters. The molecule has 4 rings (SSSR count). The fourth-order valence-corrected chi connectivity index (χ4v) is 3.70. The van der Waals surface area contributed by atoms with E-state index in [0.717, 1.165) is 5.56 Å². The van der Waals surface area contributed by atoms with Crippen molar-refractivity contribution in [1.29, 1.82) is 0 Å². The first-order valence-corrected chi connectivity index (χ1v) is 8.94. The number of aliphatic hydroxyl groups excluding tert-OH is 2. The molecule has 0 radical (unpaired) electrons. The van der Waals surface area contributed by atoms with E-state index in [2.05, 4.69) is 15.4 Å². The third-order valence-corrected chi connectivity index (χ3v) is 5.34. The van der Waals surface area contributed by atoms with Crippen LogP contribution in [0.2, 0.25) is 5.02 Å². The molecule has 1 fully saturated rings. The second kappa shape index (κ2) is 7.06. The lowest BCUT2D eigenvalue weighted by atomic mass is 9.91. The number of ether oxygens (including phenoxy) is 1. The molecule has 1 aliphatic heterocycles. The molecule has 1 aromatic carbocycles. The van der Waals surface area contributed by atoms with Gasteiger partial charge in [0.05, 0.1) is 11.5 Å². The zero-order valence-electron chi connectivity index (χ0n) is 14.5. The van der Waals surface area contributed by atoms with Gasteiger partial charge >= 0.3 is 0 Å². The molecular weight excluding hydrogens is 370 g/mol. The van der Waals surface area contributed by atoms with E-state index >= 15 is 0 Å². The molecule has 8 nitrogen and oxygen atoms in total. The summed E-state index contributed by atoms with van der Waals surface area (Å²) < 4.78 is 7.76. The summed E-state index contributed by atoms with van der Waals surface area (Å²) in [7, 11) is 0. The molecule has 3 aromatic rings. The SMILES string of the molecule is C[C@@H](c1ccc(Cl)cc1)[C@H]1O[C@@H](n2ccc3c(NN)ncnc32)[C@H](O)[C@@H]1O. The maximum Gasteiger partial charge on any atom is 0.164 e. The number of hydrogen-bond donors (Lipinski definition) is 4. The molecule has 5 N–H and O–H groups in total. The van der Waals surface area contributed by atoms with Gasteiger partial charge in [-0.2, -0.15) is 0 Å². The van der Waals surface area contributed by atoms with Crippen molar-refractivity contribution in [1.82, 2.24) is 14.5 Å². The Kier molecular flexibility index (Phi) is 4.75. The van der Waals surface area contributed by atoms with Crippen LogP contribution in [0.1, 0.15) is 24.6 Å². The Labute approximate surface area is 160 Å². The van der Waals surface area contributed by atoms with Gasteiger partial charge in [-0.05, 0) is 23.8 Å². The third kappa shape index (κ3) is 3.05. The first kappa shape index (κ1) is 18.1. The Bertz CT molecular complexity index is 948. The maximum atomic E-state index is 10.6. The number of nitrogen functional groups attached to an aromatic ring is 1. The molecule has 0 spiro atoms. The lowest BCUT2D eigenvalue weighted by Crippen LogP contribution is -2.34. The van der Waals surface area contributed by atoms with Crippen LogP contribution >= 0.6 is 11.6 Å². The van der Waals surface area contributed by atoms with E-state index in [1.807, 2.05) is 19.1 Å². The Morgan fingerprint density at radius 3 is 2.63 bits per heavy atom. The Morgan fingerprint density at radius 1 is 1.19 bits per heavy atom. The van der Waals surface area contributed by atoms with Crippen LogP contribution in [0.15, 0.2) is 42.9 Å². The molecule has 1 aliphatic rings. The normalized spacial score (nSPS) is 26.4. The zero-order chi connectivity index (χ0) is 19.1. The lowest BCUT2D eigenvalue weighted by Gasteiger charge is -2.22. The number of benzene rings is 1. The molecule has 0 saturated carbocycles. The summed E-state index contributed by atoms with van der Waals surface area (Å²) >= 11 is 5.95. The molecule has 0 aliphatic carbocycles. The number of aliphatic hydroxyl groups is 2. The molecule has 9 heteroatoms. The van der Waals surface area contributed by atoms with Crippen LogP contribution in [0, 0.1) is 0 Å². The number of hydrazine groups is 1. The van der Waals surface area contributed by atoms with Gasteiger partial charge in [0.15, 0.2) is 12.0 Å². The first-order chi connectivity index (χ1) is 13.0. The summed E-state index contributed by atoms with van der Waals surface area (Å²) in [6.45, 7) is 1.94. The molecule has 1 saturated heterocycles. The number of aromatic nitrogens is 3. The fourth-order valence-electron chi connectivity index (χ4n) is 3.58. The zero-order valence-corrected chi connectivity index (χ0v) is 15.3. The van der Waals surface area contributed by atoms with E-state index in [-0.39, 0.29) is 5.92 Å². The van der Waals surface area contributed by atoms with E-state index in [1.54, 1.807) is 29.0 Å². The number of anilines is 1. The number of nitrogens with two attached hydrogens (primary N) is 1. The fraction of sp³-hybridized carbons (Fsp3) is 0.333. The van der Waals surface area contributed by atoms with E-state index in [4.69, 9.17) is 22.2 Å². The van der Waals surface area contributed by atoms with Gasteiger partial charge < -0.3 is 24.9 Å². The van der Waals surface area contributed by atoms with Crippen molar-refractivity contribution < 1.29 is 14.9 Å². The monoisotopic (exact) mass is 389 g/mol. The Hall–Kier alpha value is -2.23. The van der Waals surface area contributed by atoms with Crippen molar-refractivity contribution >= 4 is 28.5 Å². The highest BCUT2D eigenvalue weighted by molar-refractivity contribution is 6.30. The van der Waals surface area contributed by atoms with Crippen molar-refractivity contribution in [2.45, 2.75) is 37.4 Å². The highest BCUT2D eigenvalue weighted by atomic mass is 35.5. The van der Waals surface area contributed by atoms with Crippen molar-refractivity contribution in [3.63, 3.8) is 0 Å². The first-order valence-electron chi connectivity index (χ1n) is 8.56. The Balaban J connectivity index is 1.65. The molecule has 0 bridgehead atoms. The van der Waals surface area contributed by atoms with Gasteiger partial charge in [-0.25, -0.2) is 15.8 Å². The predicted molar refractivity (Wildman–Crippen MR) is 101 cm³/mol. The number of halogens is 1. The van der Waals surface area contributed by atoms with Crippen LogP contribution in [0.5, 0.6) is 0 Å². The minimum Gasteiger partial charge on any atom is -0.387 e. The maximum absolute atomic E-state index is 10.6.